The van der Waals surface area contributed by atoms with E-state index < -0.39 is 6.10 Å². The first kappa shape index (κ1) is 59.4. The number of unbranched alkanes of at least 4 members (excludes halogenated alkanes) is 34. The summed E-state index contributed by atoms with van der Waals surface area (Å²) in [6.07, 6.45) is 49.7. The Morgan fingerprint density at radius 2 is 0.541 bits per heavy atom. The maximum absolute atomic E-state index is 12.8. The highest BCUT2D eigenvalue weighted by atomic mass is 16.6. The maximum atomic E-state index is 12.8. The number of rotatable bonds is 49. The van der Waals surface area contributed by atoms with Crippen LogP contribution in [0.5, 0.6) is 0 Å². The van der Waals surface area contributed by atoms with Gasteiger partial charge in [-0.25, -0.2) is 0 Å². The Kier molecular flexibility index (Phi) is 46.6. The van der Waals surface area contributed by atoms with Gasteiger partial charge in [0.1, 0.15) is 13.2 Å². The first-order valence-corrected chi connectivity index (χ1v) is 27.2. The summed E-state index contributed by atoms with van der Waals surface area (Å²) in [5.41, 5.74) is 0. The van der Waals surface area contributed by atoms with Gasteiger partial charge in [0, 0.05) is 19.3 Å². The standard InChI is InChI=1S/C55H106O6/c1-6-7-8-9-28-35-40-45-53(56)59-48-52(49-60-54(57)46-41-36-31-26-22-19-18-21-25-30-34-39-44-51(4)5)61-55(58)47-42-37-32-27-23-17-15-13-11-10-12-14-16-20-24-29-33-38-43-50(2)3/h50-52H,6-49H2,1-5H3/t52-/m0/s1. The summed E-state index contributed by atoms with van der Waals surface area (Å²) in [5.74, 6) is 0.841. The quantitative estimate of drug-likeness (QED) is 0.0344. The molecule has 0 radical (unpaired) electrons. The highest BCUT2D eigenvalue weighted by Crippen LogP contribution is 2.18. The van der Waals surface area contributed by atoms with Gasteiger partial charge in [-0.05, 0) is 31.1 Å². The molecule has 0 aliphatic carbocycles. The van der Waals surface area contributed by atoms with Gasteiger partial charge < -0.3 is 14.2 Å². The molecule has 6 nitrogen and oxygen atoms in total. The molecule has 0 aromatic rings. The lowest BCUT2D eigenvalue weighted by atomic mass is 10.0. The minimum atomic E-state index is -0.760. The lowest BCUT2D eigenvalue weighted by Gasteiger charge is -2.18. The molecule has 0 aromatic carbocycles. The molecule has 0 N–H and O–H groups in total. The zero-order valence-corrected chi connectivity index (χ0v) is 41.8. The van der Waals surface area contributed by atoms with Crippen molar-refractivity contribution in [3.8, 4) is 0 Å². The highest BCUT2D eigenvalue weighted by Gasteiger charge is 2.19. The molecule has 0 spiro atoms. The Balaban J connectivity index is 4.15. The highest BCUT2D eigenvalue weighted by molar-refractivity contribution is 5.71. The van der Waals surface area contributed by atoms with E-state index in [1.807, 2.05) is 0 Å². The van der Waals surface area contributed by atoms with Crippen LogP contribution in [0.1, 0.15) is 304 Å². The summed E-state index contributed by atoms with van der Waals surface area (Å²) in [6, 6.07) is 0. The molecular weight excluding hydrogens is 757 g/mol. The molecule has 0 aliphatic heterocycles. The fourth-order valence-electron chi connectivity index (χ4n) is 8.34. The second kappa shape index (κ2) is 47.9. The van der Waals surface area contributed by atoms with E-state index in [0.717, 1.165) is 69.6 Å². The Morgan fingerprint density at radius 1 is 0.311 bits per heavy atom. The molecule has 0 aromatic heterocycles. The SMILES string of the molecule is CCCCCCCCCC(=O)OC[C@@H](COC(=O)CCCCCCCCCCCCCCC(C)C)OC(=O)CCCCCCCCCCCCCCCCCCCCC(C)C. The molecule has 61 heavy (non-hydrogen) atoms. The van der Waals surface area contributed by atoms with Crippen molar-refractivity contribution in [1.82, 2.24) is 0 Å². The van der Waals surface area contributed by atoms with Crippen molar-refractivity contribution in [3.63, 3.8) is 0 Å². The van der Waals surface area contributed by atoms with E-state index in [9.17, 15) is 14.4 Å². The van der Waals surface area contributed by atoms with Crippen molar-refractivity contribution < 1.29 is 28.6 Å². The van der Waals surface area contributed by atoms with E-state index in [0.29, 0.717) is 19.3 Å². The minimum absolute atomic E-state index is 0.0637. The largest absolute Gasteiger partial charge is 0.462 e. The molecular formula is C55H106O6. The molecule has 0 unspecified atom stereocenters. The number of carbonyl (C=O) groups is 3. The van der Waals surface area contributed by atoms with Gasteiger partial charge in [-0.3, -0.25) is 14.4 Å². The fourth-order valence-corrected chi connectivity index (χ4v) is 8.34. The van der Waals surface area contributed by atoms with Crippen LogP contribution in [0.2, 0.25) is 0 Å². The Hall–Kier alpha value is -1.59. The van der Waals surface area contributed by atoms with Crippen molar-refractivity contribution in [2.24, 2.45) is 11.8 Å². The van der Waals surface area contributed by atoms with Crippen molar-refractivity contribution >= 4 is 17.9 Å². The topological polar surface area (TPSA) is 78.9 Å². The molecule has 0 fully saturated rings. The summed E-state index contributed by atoms with van der Waals surface area (Å²) < 4.78 is 16.8. The lowest BCUT2D eigenvalue weighted by molar-refractivity contribution is -0.167. The summed E-state index contributed by atoms with van der Waals surface area (Å²) in [6.45, 7) is 11.4. The average molecular weight is 863 g/mol. The molecule has 0 bridgehead atoms. The third-order valence-electron chi connectivity index (χ3n) is 12.5. The Labute approximate surface area is 380 Å². The van der Waals surface area contributed by atoms with Crippen LogP contribution in [0.3, 0.4) is 0 Å². The molecule has 0 aliphatic rings. The van der Waals surface area contributed by atoms with Crippen molar-refractivity contribution in [2.75, 3.05) is 13.2 Å². The van der Waals surface area contributed by atoms with Crippen LogP contribution in [0, 0.1) is 11.8 Å². The maximum Gasteiger partial charge on any atom is 0.306 e. The lowest BCUT2D eigenvalue weighted by Crippen LogP contribution is -2.30. The first-order valence-electron chi connectivity index (χ1n) is 27.2. The zero-order valence-electron chi connectivity index (χ0n) is 41.8. The van der Waals surface area contributed by atoms with Crippen LogP contribution >= 0.6 is 0 Å². The molecule has 1 atom stereocenters. The molecule has 6 heteroatoms. The van der Waals surface area contributed by atoms with Crippen LogP contribution in [-0.4, -0.2) is 37.2 Å². The second-order valence-corrected chi connectivity index (χ2v) is 19.8. The van der Waals surface area contributed by atoms with Crippen LogP contribution in [0.4, 0.5) is 0 Å². The van der Waals surface area contributed by atoms with E-state index in [1.165, 1.54) is 193 Å². The fraction of sp³-hybridized carbons (Fsp3) is 0.945. The number of hydrogen-bond acceptors (Lipinski definition) is 6. The van der Waals surface area contributed by atoms with Gasteiger partial charge in [0.25, 0.3) is 0 Å². The number of esters is 3. The zero-order chi connectivity index (χ0) is 44.7. The van der Waals surface area contributed by atoms with E-state index in [-0.39, 0.29) is 31.1 Å². The van der Waals surface area contributed by atoms with Gasteiger partial charge >= 0.3 is 17.9 Å². The van der Waals surface area contributed by atoms with E-state index in [2.05, 4.69) is 34.6 Å². The van der Waals surface area contributed by atoms with Crippen molar-refractivity contribution in [1.29, 1.82) is 0 Å². The van der Waals surface area contributed by atoms with Crippen molar-refractivity contribution in [3.05, 3.63) is 0 Å². The molecule has 0 rings (SSSR count). The van der Waals surface area contributed by atoms with E-state index in [1.54, 1.807) is 0 Å². The minimum Gasteiger partial charge on any atom is -0.462 e. The number of hydrogen-bond donors (Lipinski definition) is 0. The predicted molar refractivity (Wildman–Crippen MR) is 261 cm³/mol. The third kappa shape index (κ3) is 49.3. The van der Waals surface area contributed by atoms with Crippen LogP contribution in [0.25, 0.3) is 0 Å². The Morgan fingerprint density at radius 3 is 0.803 bits per heavy atom. The molecule has 0 heterocycles. The van der Waals surface area contributed by atoms with Crippen LogP contribution in [0.15, 0.2) is 0 Å². The molecule has 0 saturated carbocycles. The average Bonchev–Trinajstić information content (AvgIpc) is 3.23. The Bertz CT molecular complexity index is 931. The van der Waals surface area contributed by atoms with Crippen molar-refractivity contribution in [2.45, 2.75) is 310 Å². The first-order chi connectivity index (χ1) is 29.7. The number of carbonyl (C=O) groups excluding carboxylic acids is 3. The second-order valence-electron chi connectivity index (χ2n) is 19.8. The molecule has 362 valence electrons. The third-order valence-corrected chi connectivity index (χ3v) is 12.5. The summed E-state index contributed by atoms with van der Waals surface area (Å²) in [7, 11) is 0. The molecule has 0 saturated heterocycles. The van der Waals surface area contributed by atoms with Gasteiger partial charge in [0.15, 0.2) is 6.10 Å². The van der Waals surface area contributed by atoms with Gasteiger partial charge in [0.2, 0.25) is 0 Å². The van der Waals surface area contributed by atoms with Crippen LogP contribution < -0.4 is 0 Å². The van der Waals surface area contributed by atoms with Gasteiger partial charge in [-0.15, -0.1) is 0 Å². The predicted octanol–water partition coefficient (Wildman–Crippen LogP) is 17.7. The summed E-state index contributed by atoms with van der Waals surface area (Å²) in [4.78, 5) is 37.8. The van der Waals surface area contributed by atoms with Gasteiger partial charge in [0.05, 0.1) is 0 Å². The monoisotopic (exact) mass is 863 g/mol. The smallest absolute Gasteiger partial charge is 0.306 e. The van der Waals surface area contributed by atoms with Gasteiger partial charge in [-0.1, -0.05) is 266 Å². The number of ether oxygens (including phenoxy) is 3. The van der Waals surface area contributed by atoms with E-state index in [4.69, 9.17) is 14.2 Å². The van der Waals surface area contributed by atoms with Crippen LogP contribution in [-0.2, 0) is 28.6 Å². The normalized spacial score (nSPS) is 12.0. The van der Waals surface area contributed by atoms with E-state index >= 15 is 0 Å². The van der Waals surface area contributed by atoms with Gasteiger partial charge in [-0.2, -0.15) is 0 Å². The summed E-state index contributed by atoms with van der Waals surface area (Å²) in [5, 5.41) is 0. The molecule has 0 amide bonds. The summed E-state index contributed by atoms with van der Waals surface area (Å²) >= 11 is 0.